The molecule has 5 nitrogen and oxygen atoms in total. The van der Waals surface area contributed by atoms with Crippen LogP contribution in [-0.4, -0.2) is 18.0 Å². The molecule has 9 rings (SSSR count). The van der Waals surface area contributed by atoms with Crippen LogP contribution in [-0.2, 0) is 35.1 Å². The zero-order chi connectivity index (χ0) is 41.4. The van der Waals surface area contributed by atoms with Gasteiger partial charge in [0, 0.05) is 10.9 Å². The summed E-state index contributed by atoms with van der Waals surface area (Å²) in [7, 11) is -3.38. The lowest BCUT2D eigenvalue weighted by Gasteiger charge is -2.41. The molecule has 2 fully saturated rings. The van der Waals surface area contributed by atoms with Crippen molar-refractivity contribution >= 4 is 32.4 Å². The molecule has 2 unspecified atom stereocenters. The minimum atomic E-state index is -2.29. The minimum absolute atomic E-state index is 0.306. The van der Waals surface area contributed by atoms with E-state index in [1.165, 1.54) is 10.6 Å². The quantitative estimate of drug-likeness (QED) is 0.136. The Morgan fingerprint density at radius 1 is 0.467 bits per heavy atom. The second-order valence-corrected chi connectivity index (χ2v) is 20.0. The smallest absolute Gasteiger partial charge is 0.399 e. The van der Waals surface area contributed by atoms with Crippen molar-refractivity contribution in [3.63, 3.8) is 0 Å². The highest BCUT2D eigenvalue weighted by Gasteiger charge is 2.67. The summed E-state index contributed by atoms with van der Waals surface area (Å²) in [6, 6.07) is 69.5. The van der Waals surface area contributed by atoms with Gasteiger partial charge in [-0.05, 0) is 60.0 Å². The van der Waals surface area contributed by atoms with Crippen molar-refractivity contribution in [3.05, 3.63) is 228 Å². The van der Waals surface area contributed by atoms with E-state index < -0.39 is 45.7 Å². The van der Waals surface area contributed by atoms with Crippen LogP contribution in [0, 0.1) is 0 Å². The summed E-state index contributed by atoms with van der Waals surface area (Å²) in [5, 5.41) is 3.52. The molecule has 7 aromatic rings. The van der Waals surface area contributed by atoms with Crippen molar-refractivity contribution in [2.24, 2.45) is 0 Å². The fraction of sp³-hybridized carbons (Fsp3) is 0.208. The van der Waals surface area contributed by atoms with E-state index in [-0.39, 0.29) is 5.41 Å². The van der Waals surface area contributed by atoms with E-state index in [1.54, 1.807) is 0 Å². The Morgan fingerprint density at radius 2 is 0.817 bits per heavy atom. The van der Waals surface area contributed by atoms with Crippen molar-refractivity contribution in [1.82, 2.24) is 0 Å². The van der Waals surface area contributed by atoms with Crippen LogP contribution in [0.1, 0.15) is 62.4 Å². The third kappa shape index (κ3) is 7.43. The Hall–Kier alpha value is -4.96. The van der Waals surface area contributed by atoms with Crippen LogP contribution in [0.15, 0.2) is 200 Å². The number of benzene rings is 7. The van der Waals surface area contributed by atoms with E-state index in [2.05, 4.69) is 197 Å². The second kappa shape index (κ2) is 16.5. The zero-order valence-electron chi connectivity index (χ0n) is 34.6. The van der Waals surface area contributed by atoms with E-state index in [4.69, 9.17) is 23.0 Å². The van der Waals surface area contributed by atoms with Crippen molar-refractivity contribution in [2.75, 3.05) is 0 Å². The van der Waals surface area contributed by atoms with Gasteiger partial charge in [-0.25, -0.2) is 0 Å². The summed E-state index contributed by atoms with van der Waals surface area (Å²) in [5.41, 5.74) is 1.88. The molecular formula is C53H50O5P2. The number of fused-ring (bicyclic) bond motifs is 1. The molecule has 2 heterocycles. The molecule has 0 bridgehead atoms. The maximum absolute atomic E-state index is 7.82. The Labute approximate surface area is 357 Å². The monoisotopic (exact) mass is 828 g/mol. The predicted molar refractivity (Wildman–Crippen MR) is 245 cm³/mol. The van der Waals surface area contributed by atoms with E-state index in [0.717, 1.165) is 38.9 Å². The van der Waals surface area contributed by atoms with Crippen LogP contribution in [0.4, 0.5) is 0 Å². The normalized spacial score (nSPS) is 20.5. The molecule has 0 saturated carbocycles. The lowest BCUT2D eigenvalue weighted by atomic mass is 9.72. The SMILES string of the molecule is CC1(C)OC2C(O1)C(c1ccccc1)(c1ccccc1)OP(Oc1c(P(c3ccccc3)c3ccccc3)cccc1C(C)(C)C)OC2(c1ccccc1)c1ccccc1. The number of hydrogen-bond donors (Lipinski definition) is 0. The van der Waals surface area contributed by atoms with Gasteiger partial charge in [-0.2, -0.15) is 0 Å². The van der Waals surface area contributed by atoms with Gasteiger partial charge in [0.2, 0.25) is 0 Å². The Bertz CT molecular complexity index is 2270. The molecule has 0 N–H and O–H groups in total. The van der Waals surface area contributed by atoms with Crippen LogP contribution >= 0.6 is 16.5 Å². The minimum Gasteiger partial charge on any atom is -0.426 e. The van der Waals surface area contributed by atoms with Gasteiger partial charge < -0.3 is 14.0 Å². The highest BCUT2D eigenvalue weighted by Crippen LogP contribution is 2.65. The Morgan fingerprint density at radius 3 is 1.17 bits per heavy atom. The first-order valence-corrected chi connectivity index (χ1v) is 23.0. The fourth-order valence-electron chi connectivity index (χ4n) is 8.74. The van der Waals surface area contributed by atoms with Gasteiger partial charge in [-0.15, -0.1) is 0 Å². The highest BCUT2D eigenvalue weighted by molar-refractivity contribution is 7.80. The first-order chi connectivity index (χ1) is 29.1. The van der Waals surface area contributed by atoms with Gasteiger partial charge >= 0.3 is 8.60 Å². The third-order valence-corrected chi connectivity index (χ3v) is 15.1. The second-order valence-electron chi connectivity index (χ2n) is 16.8. The lowest BCUT2D eigenvalue weighted by molar-refractivity contribution is -0.175. The molecule has 7 aromatic carbocycles. The molecule has 0 aliphatic carbocycles. The van der Waals surface area contributed by atoms with Crippen molar-refractivity contribution in [2.45, 2.75) is 69.2 Å². The number of rotatable bonds is 9. The van der Waals surface area contributed by atoms with E-state index >= 15 is 0 Å². The average Bonchev–Trinajstić information content (AvgIpc) is 3.56. The molecule has 60 heavy (non-hydrogen) atoms. The average molecular weight is 829 g/mol. The molecule has 0 aromatic heterocycles. The lowest BCUT2D eigenvalue weighted by Crippen LogP contribution is -2.53. The van der Waals surface area contributed by atoms with Gasteiger partial charge in [-0.3, -0.25) is 9.05 Å². The summed E-state index contributed by atoms with van der Waals surface area (Å²) < 4.78 is 37.8. The van der Waals surface area contributed by atoms with Gasteiger partial charge in [0.15, 0.2) is 17.0 Å². The van der Waals surface area contributed by atoms with Crippen LogP contribution in [0.25, 0.3) is 0 Å². The largest absolute Gasteiger partial charge is 0.426 e. The van der Waals surface area contributed by atoms with E-state index in [9.17, 15) is 0 Å². The molecule has 2 atom stereocenters. The van der Waals surface area contributed by atoms with E-state index in [1.807, 2.05) is 38.1 Å². The van der Waals surface area contributed by atoms with Gasteiger partial charge in [0.1, 0.15) is 18.0 Å². The van der Waals surface area contributed by atoms with Crippen molar-refractivity contribution < 1.29 is 23.0 Å². The summed E-state index contributed by atoms with van der Waals surface area (Å²) in [6.07, 6.45) is -1.42. The van der Waals surface area contributed by atoms with Gasteiger partial charge in [0.25, 0.3) is 0 Å². The standard InChI is InChI=1S/C53H50O5P2/c1-50(2,3)45-37-24-38-46(59(43-33-20-10-21-34-43)44-35-22-11-23-36-44)47(45)56-60-57-52(39-25-12-6-13-26-39,40-27-14-7-15-28-40)48-49(55-51(4,5)54-48)53(58-60,41-29-16-8-17-30-41)42-31-18-9-19-32-42/h6-38,48-49H,1-5H3. The van der Waals surface area contributed by atoms with Crippen LogP contribution in [0.5, 0.6) is 5.75 Å². The number of para-hydroxylation sites is 1. The summed E-state index contributed by atoms with van der Waals surface area (Å²) in [4.78, 5) is 0. The van der Waals surface area contributed by atoms with Crippen molar-refractivity contribution in [3.8, 4) is 5.75 Å². The molecule has 302 valence electrons. The molecule has 2 aliphatic rings. The number of ether oxygens (including phenoxy) is 2. The van der Waals surface area contributed by atoms with E-state index in [0.29, 0.717) is 0 Å². The van der Waals surface area contributed by atoms with Crippen molar-refractivity contribution in [1.29, 1.82) is 0 Å². The first kappa shape index (κ1) is 40.4. The molecule has 0 spiro atoms. The van der Waals surface area contributed by atoms with Crippen LogP contribution in [0.2, 0.25) is 0 Å². The molecule has 0 amide bonds. The van der Waals surface area contributed by atoms with Gasteiger partial charge in [0.05, 0.1) is 0 Å². The fourth-order valence-corrected chi connectivity index (χ4v) is 12.8. The maximum Gasteiger partial charge on any atom is 0.399 e. The maximum atomic E-state index is 7.82. The van der Waals surface area contributed by atoms with Gasteiger partial charge in [-0.1, -0.05) is 221 Å². The number of hydrogen-bond acceptors (Lipinski definition) is 5. The topological polar surface area (TPSA) is 46.2 Å². The first-order valence-electron chi connectivity index (χ1n) is 20.6. The molecule has 0 radical (unpaired) electrons. The zero-order valence-corrected chi connectivity index (χ0v) is 36.4. The third-order valence-electron chi connectivity index (χ3n) is 11.4. The molecule has 7 heteroatoms. The summed E-state index contributed by atoms with van der Waals surface area (Å²) >= 11 is 0. The molecule has 2 aliphatic heterocycles. The summed E-state index contributed by atoms with van der Waals surface area (Å²) in [5.74, 6) is -0.242. The Kier molecular flexibility index (Phi) is 11.1. The summed E-state index contributed by atoms with van der Waals surface area (Å²) in [6.45, 7) is 10.7. The van der Waals surface area contributed by atoms with Crippen LogP contribution < -0.4 is 20.4 Å². The molecule has 2 saturated heterocycles. The Balaban J connectivity index is 1.35. The highest BCUT2D eigenvalue weighted by atomic mass is 31.2. The van der Waals surface area contributed by atoms with Crippen LogP contribution in [0.3, 0.4) is 0 Å². The molecular weight excluding hydrogens is 779 g/mol. The predicted octanol–water partition coefficient (Wildman–Crippen LogP) is 11.8.